The smallest absolute Gasteiger partial charge is 0.251 e. The van der Waals surface area contributed by atoms with Crippen LogP contribution in [0.1, 0.15) is 44.0 Å². The quantitative estimate of drug-likeness (QED) is 0.701. The van der Waals surface area contributed by atoms with Crippen LogP contribution in [0.3, 0.4) is 0 Å². The van der Waals surface area contributed by atoms with Crippen molar-refractivity contribution in [2.45, 2.75) is 46.7 Å². The molecule has 1 heterocycles. The molecule has 0 bridgehead atoms. The first kappa shape index (κ1) is 14.9. The van der Waals surface area contributed by atoms with E-state index < -0.39 is 11.9 Å². The lowest BCUT2D eigenvalue weighted by atomic mass is 10.1. The Labute approximate surface area is 94.7 Å². The Bertz CT molecular complexity index is 319. The van der Waals surface area contributed by atoms with Gasteiger partial charge in [-0.2, -0.15) is 13.2 Å². The van der Waals surface area contributed by atoms with Crippen LogP contribution in [-0.2, 0) is 12.6 Å². The lowest BCUT2D eigenvalue weighted by Crippen LogP contribution is -2.08. The normalized spacial score (nSPS) is 10.7. The summed E-state index contributed by atoms with van der Waals surface area (Å²) in [6.45, 7) is 7.80. The molecule has 1 nitrogen and oxygen atoms in total. The molecule has 1 aromatic rings. The minimum Gasteiger partial charge on any atom is -0.251 e. The summed E-state index contributed by atoms with van der Waals surface area (Å²) in [5.74, 6) is 0. The Kier molecular flexibility index (Phi) is 6.08. The van der Waals surface area contributed by atoms with Gasteiger partial charge in [0.15, 0.2) is 0 Å². The summed E-state index contributed by atoms with van der Waals surface area (Å²) in [5.41, 5.74) is 0.681. The molecule has 0 spiro atoms. The van der Waals surface area contributed by atoms with Crippen molar-refractivity contribution in [2.24, 2.45) is 0 Å². The van der Waals surface area contributed by atoms with Gasteiger partial charge in [0.05, 0.1) is 0 Å². The Morgan fingerprint density at radius 1 is 1.19 bits per heavy atom. The van der Waals surface area contributed by atoms with Gasteiger partial charge in [-0.05, 0) is 30.5 Å². The second-order valence-electron chi connectivity index (χ2n) is 3.55. The summed E-state index contributed by atoms with van der Waals surface area (Å²) in [6, 6.07) is 1.08. The molecule has 0 aliphatic rings. The second-order valence-corrected chi connectivity index (χ2v) is 3.55. The number of rotatable bonds is 1. The predicted molar refractivity (Wildman–Crippen MR) is 59.3 cm³/mol. The molecule has 0 saturated carbocycles. The molecule has 0 saturated heterocycles. The maximum absolute atomic E-state index is 12.1. The fourth-order valence-corrected chi connectivity index (χ4v) is 1.11. The maximum Gasteiger partial charge on any atom is 0.433 e. The molecule has 0 fully saturated rings. The van der Waals surface area contributed by atoms with Gasteiger partial charge in [-0.25, -0.2) is 0 Å². The maximum atomic E-state index is 12.1. The summed E-state index contributed by atoms with van der Waals surface area (Å²) in [4.78, 5) is 3.36. The van der Waals surface area contributed by atoms with Gasteiger partial charge in [0.25, 0.3) is 0 Å². The lowest BCUT2D eigenvalue weighted by molar-refractivity contribution is -0.141. The minimum atomic E-state index is -4.34. The summed E-state index contributed by atoms with van der Waals surface area (Å²) in [6.07, 6.45) is -1.09. The van der Waals surface area contributed by atoms with Crippen LogP contribution in [0.5, 0.6) is 0 Å². The van der Waals surface area contributed by atoms with E-state index in [4.69, 9.17) is 0 Å². The molecule has 0 aliphatic carbocycles. The monoisotopic (exact) mass is 233 g/mol. The number of pyridine rings is 1. The minimum absolute atomic E-state index is 0.643. The fraction of sp³-hybridized carbons (Fsp3) is 0.583. The number of hydrogen-bond donors (Lipinski definition) is 0. The molecular weight excluding hydrogens is 215 g/mol. The molecule has 0 unspecified atom stereocenters. The van der Waals surface area contributed by atoms with Crippen molar-refractivity contribution in [2.75, 3.05) is 0 Å². The van der Waals surface area contributed by atoms with E-state index in [1.807, 2.05) is 6.92 Å². The Balaban J connectivity index is 0.000000673. The average molecular weight is 233 g/mol. The Morgan fingerprint density at radius 3 is 2.00 bits per heavy atom. The third-order valence-electron chi connectivity index (χ3n) is 1.89. The summed E-state index contributed by atoms with van der Waals surface area (Å²) < 4.78 is 36.4. The van der Waals surface area contributed by atoms with Gasteiger partial charge in [-0.3, -0.25) is 4.98 Å². The number of aryl methyl sites for hydroxylation is 2. The van der Waals surface area contributed by atoms with Gasteiger partial charge in [0, 0.05) is 6.20 Å². The van der Waals surface area contributed by atoms with Gasteiger partial charge >= 0.3 is 6.18 Å². The Hall–Kier alpha value is -1.06. The zero-order chi connectivity index (χ0) is 12.8. The molecule has 4 heteroatoms. The highest BCUT2D eigenvalue weighted by molar-refractivity contribution is 5.26. The van der Waals surface area contributed by atoms with Crippen LogP contribution >= 0.6 is 0 Å². The number of hydrogen-bond acceptors (Lipinski definition) is 1. The highest BCUT2D eigenvalue weighted by Gasteiger charge is 2.32. The molecule has 0 aromatic carbocycles. The number of halogens is 3. The zero-order valence-corrected chi connectivity index (χ0v) is 10.2. The summed E-state index contributed by atoms with van der Waals surface area (Å²) >= 11 is 0. The average Bonchev–Trinajstić information content (AvgIpc) is 2.17. The van der Waals surface area contributed by atoms with E-state index >= 15 is 0 Å². The van der Waals surface area contributed by atoms with Gasteiger partial charge in [0.2, 0.25) is 0 Å². The SMILES string of the molecule is CCC.CCc1cnc(C(F)(F)F)cc1C. The van der Waals surface area contributed by atoms with Crippen LogP contribution in [0, 0.1) is 6.92 Å². The van der Waals surface area contributed by atoms with Gasteiger partial charge in [-0.1, -0.05) is 27.2 Å². The number of aromatic nitrogens is 1. The van der Waals surface area contributed by atoms with Crippen molar-refractivity contribution in [3.63, 3.8) is 0 Å². The van der Waals surface area contributed by atoms with Crippen molar-refractivity contribution in [3.05, 3.63) is 29.1 Å². The molecular formula is C12H18F3N. The first-order valence-electron chi connectivity index (χ1n) is 5.39. The van der Waals surface area contributed by atoms with E-state index in [0.29, 0.717) is 12.0 Å². The molecule has 1 rings (SSSR count). The van der Waals surface area contributed by atoms with E-state index in [1.165, 1.54) is 12.6 Å². The highest BCUT2D eigenvalue weighted by atomic mass is 19.4. The molecule has 92 valence electrons. The summed E-state index contributed by atoms with van der Waals surface area (Å²) in [7, 11) is 0. The van der Waals surface area contributed by atoms with Crippen LogP contribution in [0.4, 0.5) is 13.2 Å². The van der Waals surface area contributed by atoms with E-state index in [0.717, 1.165) is 11.6 Å². The molecule has 16 heavy (non-hydrogen) atoms. The molecule has 1 aromatic heterocycles. The topological polar surface area (TPSA) is 12.9 Å². The largest absolute Gasteiger partial charge is 0.433 e. The predicted octanol–water partition coefficient (Wildman–Crippen LogP) is 4.39. The standard InChI is InChI=1S/C9H10F3N.C3H8/c1-3-7-5-13-8(4-6(7)2)9(10,11)12;1-3-2/h4-5H,3H2,1-2H3;3H2,1-2H3. The van der Waals surface area contributed by atoms with E-state index in [2.05, 4.69) is 18.8 Å². The van der Waals surface area contributed by atoms with E-state index in [-0.39, 0.29) is 0 Å². The van der Waals surface area contributed by atoms with Crippen LogP contribution in [0.25, 0.3) is 0 Å². The Morgan fingerprint density at radius 2 is 1.69 bits per heavy atom. The fourth-order valence-electron chi connectivity index (χ4n) is 1.11. The van der Waals surface area contributed by atoms with Crippen LogP contribution < -0.4 is 0 Å². The zero-order valence-electron chi connectivity index (χ0n) is 10.2. The van der Waals surface area contributed by atoms with Gasteiger partial charge in [-0.15, -0.1) is 0 Å². The van der Waals surface area contributed by atoms with Gasteiger partial charge in [0.1, 0.15) is 5.69 Å². The third kappa shape index (κ3) is 4.64. The van der Waals surface area contributed by atoms with E-state index in [9.17, 15) is 13.2 Å². The molecule has 0 radical (unpaired) electrons. The van der Waals surface area contributed by atoms with Crippen molar-refractivity contribution in [1.82, 2.24) is 4.98 Å². The van der Waals surface area contributed by atoms with Crippen LogP contribution in [0.2, 0.25) is 0 Å². The number of alkyl halides is 3. The molecule has 0 atom stereocenters. The number of nitrogens with zero attached hydrogens (tertiary/aromatic N) is 1. The molecule has 0 N–H and O–H groups in total. The van der Waals surface area contributed by atoms with Crippen molar-refractivity contribution in [3.8, 4) is 0 Å². The van der Waals surface area contributed by atoms with Crippen molar-refractivity contribution < 1.29 is 13.2 Å². The van der Waals surface area contributed by atoms with Crippen LogP contribution in [-0.4, -0.2) is 4.98 Å². The molecule has 0 aliphatic heterocycles. The first-order chi connectivity index (χ1) is 7.36. The summed E-state index contributed by atoms with van der Waals surface area (Å²) in [5, 5.41) is 0. The van der Waals surface area contributed by atoms with Crippen LogP contribution in [0.15, 0.2) is 12.3 Å². The second kappa shape index (κ2) is 6.51. The van der Waals surface area contributed by atoms with Crippen molar-refractivity contribution >= 4 is 0 Å². The first-order valence-corrected chi connectivity index (χ1v) is 5.39. The third-order valence-corrected chi connectivity index (χ3v) is 1.89. The highest BCUT2D eigenvalue weighted by Crippen LogP contribution is 2.28. The molecule has 0 amide bonds. The van der Waals surface area contributed by atoms with E-state index in [1.54, 1.807) is 6.92 Å². The lowest BCUT2D eigenvalue weighted by Gasteiger charge is -2.08. The van der Waals surface area contributed by atoms with Gasteiger partial charge < -0.3 is 0 Å². The van der Waals surface area contributed by atoms with Crippen molar-refractivity contribution in [1.29, 1.82) is 0 Å².